The predicted octanol–water partition coefficient (Wildman–Crippen LogP) is 0.954. The monoisotopic (exact) mass is 128 g/mol. The van der Waals surface area contributed by atoms with Crippen molar-refractivity contribution in [2.75, 3.05) is 13.2 Å². The molecule has 52 valence electrons. The molecule has 2 saturated heterocycles. The molecule has 2 aliphatic rings. The molecule has 0 bridgehead atoms. The van der Waals surface area contributed by atoms with Gasteiger partial charge < -0.3 is 9.47 Å². The minimum absolute atomic E-state index is 0.443. The van der Waals surface area contributed by atoms with Gasteiger partial charge in [0.25, 0.3) is 0 Å². The lowest BCUT2D eigenvalue weighted by Gasteiger charge is -2.30. The van der Waals surface area contributed by atoms with Gasteiger partial charge in [-0.25, -0.2) is 0 Å². The van der Waals surface area contributed by atoms with Crippen LogP contribution in [0.15, 0.2) is 0 Å². The molecular weight excluding hydrogens is 116 g/mol. The molecular formula is C7H12O2. The second-order valence-electron chi connectivity index (χ2n) is 2.75. The Morgan fingerprint density at radius 1 is 0.889 bits per heavy atom. The Morgan fingerprint density at radius 2 is 1.56 bits per heavy atom. The average molecular weight is 128 g/mol. The number of hydrogen-bond acceptors (Lipinski definition) is 2. The Hall–Kier alpha value is -0.0800. The molecule has 2 heteroatoms. The molecule has 0 N–H and O–H groups in total. The molecule has 9 heavy (non-hydrogen) atoms. The van der Waals surface area contributed by atoms with Gasteiger partial charge in [0.2, 0.25) is 0 Å². The summed E-state index contributed by atoms with van der Waals surface area (Å²) >= 11 is 0. The van der Waals surface area contributed by atoms with Crippen molar-refractivity contribution in [1.82, 2.24) is 0 Å². The molecule has 2 atom stereocenters. The lowest BCUT2D eigenvalue weighted by atomic mass is 10.0. The van der Waals surface area contributed by atoms with Crippen LogP contribution in [0, 0.1) is 0 Å². The van der Waals surface area contributed by atoms with Gasteiger partial charge in [0.1, 0.15) is 0 Å². The quantitative estimate of drug-likeness (QED) is 0.523. The first-order valence-electron chi connectivity index (χ1n) is 3.70. The van der Waals surface area contributed by atoms with Gasteiger partial charge in [0.05, 0.1) is 12.2 Å². The molecule has 0 amide bonds. The number of rotatable bonds is 1. The van der Waals surface area contributed by atoms with E-state index in [0.29, 0.717) is 12.2 Å². The van der Waals surface area contributed by atoms with Gasteiger partial charge in [-0.3, -0.25) is 0 Å². The van der Waals surface area contributed by atoms with Gasteiger partial charge in [-0.2, -0.15) is 0 Å². The van der Waals surface area contributed by atoms with Crippen LogP contribution in [-0.4, -0.2) is 25.4 Å². The molecule has 0 spiro atoms. The van der Waals surface area contributed by atoms with E-state index in [2.05, 4.69) is 0 Å². The van der Waals surface area contributed by atoms with Crippen molar-refractivity contribution in [2.45, 2.75) is 31.5 Å². The normalized spacial score (nSPS) is 42.7. The first-order valence-corrected chi connectivity index (χ1v) is 3.70. The second kappa shape index (κ2) is 2.27. The van der Waals surface area contributed by atoms with Crippen LogP contribution in [0.5, 0.6) is 0 Å². The zero-order valence-electron chi connectivity index (χ0n) is 5.51. The zero-order valence-corrected chi connectivity index (χ0v) is 5.51. The molecule has 2 rings (SSSR count). The van der Waals surface area contributed by atoms with E-state index in [4.69, 9.17) is 9.47 Å². The maximum Gasteiger partial charge on any atom is 0.0858 e. The molecule has 0 aromatic carbocycles. The highest BCUT2D eigenvalue weighted by Crippen LogP contribution is 2.24. The molecule has 0 saturated carbocycles. The van der Waals surface area contributed by atoms with Crippen LogP contribution in [0.2, 0.25) is 0 Å². The summed E-state index contributed by atoms with van der Waals surface area (Å²) < 4.78 is 10.7. The third-order valence-electron chi connectivity index (χ3n) is 2.11. The first kappa shape index (κ1) is 5.69. The van der Waals surface area contributed by atoms with Crippen molar-refractivity contribution in [3.63, 3.8) is 0 Å². The van der Waals surface area contributed by atoms with Crippen molar-refractivity contribution in [3.05, 3.63) is 0 Å². The predicted molar refractivity (Wildman–Crippen MR) is 33.3 cm³/mol. The molecule has 0 aromatic heterocycles. The Kier molecular flexibility index (Phi) is 1.44. The SMILES string of the molecule is C1COC(C2CCO2)C1. The fourth-order valence-corrected chi connectivity index (χ4v) is 1.44. The smallest absolute Gasteiger partial charge is 0.0858 e. The van der Waals surface area contributed by atoms with Gasteiger partial charge in [0, 0.05) is 13.2 Å². The van der Waals surface area contributed by atoms with E-state index < -0.39 is 0 Å². The van der Waals surface area contributed by atoms with Gasteiger partial charge in [-0.15, -0.1) is 0 Å². The molecule has 2 fully saturated rings. The van der Waals surface area contributed by atoms with Gasteiger partial charge in [-0.05, 0) is 19.3 Å². The van der Waals surface area contributed by atoms with E-state index in [9.17, 15) is 0 Å². The largest absolute Gasteiger partial charge is 0.376 e. The van der Waals surface area contributed by atoms with Gasteiger partial charge in [-0.1, -0.05) is 0 Å². The van der Waals surface area contributed by atoms with Crippen LogP contribution in [0.1, 0.15) is 19.3 Å². The lowest BCUT2D eigenvalue weighted by molar-refractivity contribution is -0.121. The summed E-state index contributed by atoms with van der Waals surface area (Å²) in [6.07, 6.45) is 4.55. The lowest BCUT2D eigenvalue weighted by Crippen LogP contribution is -2.37. The molecule has 2 unspecified atom stereocenters. The summed E-state index contributed by atoms with van der Waals surface area (Å²) in [5.74, 6) is 0. The summed E-state index contributed by atoms with van der Waals surface area (Å²) in [6, 6.07) is 0. The van der Waals surface area contributed by atoms with Gasteiger partial charge >= 0.3 is 0 Å². The van der Waals surface area contributed by atoms with Crippen molar-refractivity contribution < 1.29 is 9.47 Å². The molecule has 2 nitrogen and oxygen atoms in total. The average Bonchev–Trinajstić information content (AvgIpc) is 2.11. The van der Waals surface area contributed by atoms with E-state index in [0.717, 1.165) is 13.2 Å². The molecule has 0 aromatic rings. The summed E-state index contributed by atoms with van der Waals surface area (Å²) in [4.78, 5) is 0. The van der Waals surface area contributed by atoms with Crippen LogP contribution >= 0.6 is 0 Å². The fraction of sp³-hybridized carbons (Fsp3) is 1.00. The van der Waals surface area contributed by atoms with E-state index in [1.54, 1.807) is 0 Å². The van der Waals surface area contributed by atoms with E-state index >= 15 is 0 Å². The summed E-state index contributed by atoms with van der Waals surface area (Å²) in [5, 5.41) is 0. The molecule has 2 aliphatic heterocycles. The minimum atomic E-state index is 0.443. The Bertz CT molecular complexity index is 93.1. The molecule has 2 heterocycles. The summed E-state index contributed by atoms with van der Waals surface area (Å²) in [5.41, 5.74) is 0. The standard InChI is InChI=1S/C7H12O2/c1-2-6(8-4-1)7-3-5-9-7/h6-7H,1-5H2. The first-order chi connectivity index (χ1) is 4.47. The van der Waals surface area contributed by atoms with Crippen LogP contribution < -0.4 is 0 Å². The summed E-state index contributed by atoms with van der Waals surface area (Å²) in [6.45, 7) is 1.90. The Balaban J connectivity index is 1.82. The summed E-state index contributed by atoms with van der Waals surface area (Å²) in [7, 11) is 0. The zero-order chi connectivity index (χ0) is 6.10. The number of hydrogen-bond donors (Lipinski definition) is 0. The molecule has 0 radical (unpaired) electrons. The van der Waals surface area contributed by atoms with Crippen molar-refractivity contribution in [3.8, 4) is 0 Å². The Labute approximate surface area is 55.1 Å². The van der Waals surface area contributed by atoms with E-state index in [-0.39, 0.29) is 0 Å². The second-order valence-corrected chi connectivity index (χ2v) is 2.75. The van der Waals surface area contributed by atoms with Crippen LogP contribution in [0.4, 0.5) is 0 Å². The highest BCUT2D eigenvalue weighted by atomic mass is 16.6. The van der Waals surface area contributed by atoms with Crippen LogP contribution in [0.25, 0.3) is 0 Å². The highest BCUT2D eigenvalue weighted by molar-refractivity contribution is 4.79. The van der Waals surface area contributed by atoms with Crippen molar-refractivity contribution in [2.24, 2.45) is 0 Å². The Morgan fingerprint density at radius 3 is 2.00 bits per heavy atom. The third kappa shape index (κ3) is 0.970. The highest BCUT2D eigenvalue weighted by Gasteiger charge is 2.31. The van der Waals surface area contributed by atoms with Crippen molar-refractivity contribution in [1.29, 1.82) is 0 Å². The third-order valence-corrected chi connectivity index (χ3v) is 2.11. The van der Waals surface area contributed by atoms with Gasteiger partial charge in [0.15, 0.2) is 0 Å². The van der Waals surface area contributed by atoms with Crippen LogP contribution in [-0.2, 0) is 9.47 Å². The number of ether oxygens (including phenoxy) is 2. The van der Waals surface area contributed by atoms with Crippen LogP contribution in [0.3, 0.4) is 0 Å². The fourth-order valence-electron chi connectivity index (χ4n) is 1.44. The van der Waals surface area contributed by atoms with Crippen molar-refractivity contribution >= 4 is 0 Å². The maximum absolute atomic E-state index is 5.43. The maximum atomic E-state index is 5.43. The topological polar surface area (TPSA) is 18.5 Å². The van der Waals surface area contributed by atoms with E-state index in [1.807, 2.05) is 0 Å². The molecule has 0 aliphatic carbocycles. The van der Waals surface area contributed by atoms with E-state index in [1.165, 1.54) is 19.3 Å². The minimum Gasteiger partial charge on any atom is -0.376 e.